The summed E-state index contributed by atoms with van der Waals surface area (Å²) >= 11 is 0. The van der Waals surface area contributed by atoms with Crippen LogP contribution in [-0.4, -0.2) is 34.1 Å². The van der Waals surface area contributed by atoms with Crippen LogP contribution < -0.4 is 9.46 Å². The zero-order valence-corrected chi connectivity index (χ0v) is 16.8. The number of carbonyl (C=O) groups excluding carboxylic acids is 1. The van der Waals surface area contributed by atoms with E-state index in [9.17, 15) is 13.2 Å². The zero-order chi connectivity index (χ0) is 20.0. The van der Waals surface area contributed by atoms with E-state index in [4.69, 9.17) is 4.74 Å². The molecule has 0 heterocycles. The van der Waals surface area contributed by atoms with Crippen molar-refractivity contribution < 1.29 is 22.7 Å². The van der Waals surface area contributed by atoms with E-state index < -0.39 is 16.0 Å². The highest BCUT2D eigenvalue weighted by Gasteiger charge is 2.18. The monoisotopic (exact) mass is 391 g/mol. The Bertz CT molecular complexity index is 889. The first kappa shape index (κ1) is 20.9. The minimum Gasteiger partial charge on any atom is -0.491 e. The Morgan fingerprint density at radius 2 is 1.78 bits per heavy atom. The summed E-state index contributed by atoms with van der Waals surface area (Å²) in [7, 11) is -2.38. The smallest absolute Gasteiger partial charge is 0.337 e. The summed E-state index contributed by atoms with van der Waals surface area (Å²) < 4.78 is 37.9. The Morgan fingerprint density at radius 1 is 1.11 bits per heavy atom. The molecule has 0 aliphatic rings. The van der Waals surface area contributed by atoms with E-state index in [1.54, 1.807) is 6.92 Å². The number of ether oxygens (including phenoxy) is 2. The van der Waals surface area contributed by atoms with Gasteiger partial charge in [0.2, 0.25) is 10.0 Å². The van der Waals surface area contributed by atoms with Gasteiger partial charge in [0.1, 0.15) is 5.75 Å². The van der Waals surface area contributed by atoms with Gasteiger partial charge in [0.05, 0.1) is 23.7 Å². The molecule has 0 amide bonds. The third-order valence-electron chi connectivity index (χ3n) is 3.89. The number of aryl methyl sites for hydroxylation is 1. The van der Waals surface area contributed by atoms with Gasteiger partial charge in [-0.1, -0.05) is 12.1 Å². The minimum absolute atomic E-state index is 0.108. The number of esters is 1. The Kier molecular flexibility index (Phi) is 6.98. The van der Waals surface area contributed by atoms with Gasteiger partial charge >= 0.3 is 5.97 Å². The molecular formula is C20H25NO5S. The van der Waals surface area contributed by atoms with Gasteiger partial charge in [-0.25, -0.2) is 17.9 Å². The molecule has 0 radical (unpaired) electrons. The van der Waals surface area contributed by atoms with Crippen molar-refractivity contribution in [1.29, 1.82) is 0 Å². The molecular weight excluding hydrogens is 366 g/mol. The van der Waals surface area contributed by atoms with E-state index in [1.165, 1.54) is 25.3 Å². The quantitative estimate of drug-likeness (QED) is 0.700. The summed E-state index contributed by atoms with van der Waals surface area (Å²) in [4.78, 5) is 11.7. The fourth-order valence-corrected chi connectivity index (χ4v) is 3.87. The number of rotatable bonds is 8. The molecule has 146 valence electrons. The summed E-state index contributed by atoms with van der Waals surface area (Å²) in [6.45, 7) is 5.84. The molecule has 1 N–H and O–H groups in total. The number of methoxy groups -OCH3 is 1. The molecule has 6 nitrogen and oxygen atoms in total. The molecule has 0 fully saturated rings. The predicted octanol–water partition coefficient (Wildman–Crippen LogP) is 3.09. The largest absolute Gasteiger partial charge is 0.491 e. The lowest BCUT2D eigenvalue weighted by molar-refractivity contribution is 0.0600. The summed E-state index contributed by atoms with van der Waals surface area (Å²) in [6, 6.07) is 12.0. The van der Waals surface area contributed by atoms with Crippen LogP contribution in [0, 0.1) is 6.92 Å². The average molecular weight is 391 g/mol. The first-order chi connectivity index (χ1) is 12.7. The van der Waals surface area contributed by atoms with Gasteiger partial charge in [-0.15, -0.1) is 0 Å². The van der Waals surface area contributed by atoms with Crippen molar-refractivity contribution in [1.82, 2.24) is 4.72 Å². The lowest BCUT2D eigenvalue weighted by Gasteiger charge is -2.11. The van der Waals surface area contributed by atoms with Gasteiger partial charge in [0.15, 0.2) is 0 Å². The van der Waals surface area contributed by atoms with E-state index in [-0.39, 0.29) is 17.5 Å². The molecule has 0 unspecified atom stereocenters. The second-order valence-electron chi connectivity index (χ2n) is 6.43. The first-order valence-electron chi connectivity index (χ1n) is 8.67. The molecule has 0 saturated heterocycles. The van der Waals surface area contributed by atoms with Crippen LogP contribution in [-0.2, 0) is 21.2 Å². The number of sulfonamides is 1. The van der Waals surface area contributed by atoms with Gasteiger partial charge in [-0.05, 0) is 68.7 Å². The summed E-state index contributed by atoms with van der Waals surface area (Å²) in [5.41, 5.74) is 1.81. The van der Waals surface area contributed by atoms with Crippen molar-refractivity contribution >= 4 is 16.0 Å². The van der Waals surface area contributed by atoms with Crippen molar-refractivity contribution in [3.05, 3.63) is 59.2 Å². The molecule has 2 aromatic carbocycles. The van der Waals surface area contributed by atoms with Crippen LogP contribution in [0.3, 0.4) is 0 Å². The van der Waals surface area contributed by atoms with Crippen LogP contribution in [0.1, 0.15) is 35.3 Å². The molecule has 0 aromatic heterocycles. The van der Waals surface area contributed by atoms with Gasteiger partial charge in [0, 0.05) is 6.54 Å². The van der Waals surface area contributed by atoms with Crippen LogP contribution >= 0.6 is 0 Å². The molecule has 0 aliphatic carbocycles. The lowest BCUT2D eigenvalue weighted by atomic mass is 10.1. The van der Waals surface area contributed by atoms with Gasteiger partial charge in [-0.3, -0.25) is 0 Å². The molecule has 0 aliphatic heterocycles. The summed E-state index contributed by atoms with van der Waals surface area (Å²) in [5, 5.41) is 0. The van der Waals surface area contributed by atoms with Crippen molar-refractivity contribution in [2.75, 3.05) is 13.7 Å². The molecule has 2 rings (SSSR count). The van der Waals surface area contributed by atoms with Crippen LogP contribution in [0.4, 0.5) is 0 Å². The van der Waals surface area contributed by atoms with E-state index in [2.05, 4.69) is 9.46 Å². The van der Waals surface area contributed by atoms with Crippen LogP contribution in [0.2, 0.25) is 0 Å². The molecule has 0 atom stereocenters. The van der Waals surface area contributed by atoms with E-state index in [0.29, 0.717) is 17.5 Å². The molecule has 0 bridgehead atoms. The number of carbonyl (C=O) groups is 1. The van der Waals surface area contributed by atoms with Crippen molar-refractivity contribution in [3.8, 4) is 5.75 Å². The van der Waals surface area contributed by atoms with Crippen molar-refractivity contribution in [2.24, 2.45) is 0 Å². The van der Waals surface area contributed by atoms with Crippen molar-refractivity contribution in [2.45, 2.75) is 38.2 Å². The normalized spacial score (nSPS) is 11.4. The molecule has 27 heavy (non-hydrogen) atoms. The van der Waals surface area contributed by atoms with E-state index in [1.807, 2.05) is 38.1 Å². The Morgan fingerprint density at radius 3 is 2.33 bits per heavy atom. The average Bonchev–Trinajstić information content (AvgIpc) is 2.61. The zero-order valence-electron chi connectivity index (χ0n) is 16.0. The molecule has 7 heteroatoms. The fraction of sp³-hybridized carbons (Fsp3) is 0.350. The van der Waals surface area contributed by atoms with Crippen molar-refractivity contribution in [3.63, 3.8) is 0 Å². The highest BCUT2D eigenvalue weighted by Crippen LogP contribution is 2.18. The fourth-order valence-electron chi connectivity index (χ4n) is 2.61. The number of nitrogens with one attached hydrogen (secondary N) is 1. The second kappa shape index (κ2) is 9.01. The SMILES string of the molecule is COC(=O)c1ccc(S(=O)(=O)NCCc2ccc(OC(C)C)cc2)c(C)c1. The molecule has 2 aromatic rings. The molecule has 0 saturated carbocycles. The molecule has 0 spiro atoms. The number of hydrogen-bond donors (Lipinski definition) is 1. The Balaban J connectivity index is 1.99. The highest BCUT2D eigenvalue weighted by molar-refractivity contribution is 7.89. The third-order valence-corrected chi connectivity index (χ3v) is 5.51. The van der Waals surface area contributed by atoms with Gasteiger partial charge in [-0.2, -0.15) is 0 Å². The minimum atomic E-state index is -3.66. The highest BCUT2D eigenvalue weighted by atomic mass is 32.2. The van der Waals surface area contributed by atoms with E-state index >= 15 is 0 Å². The summed E-state index contributed by atoms with van der Waals surface area (Å²) in [5.74, 6) is 0.288. The summed E-state index contributed by atoms with van der Waals surface area (Å²) in [6.07, 6.45) is 0.664. The number of benzene rings is 2. The standard InChI is InChI=1S/C20H25NO5S/c1-14(2)26-18-8-5-16(6-9-18)11-12-21-27(23,24)19-10-7-17(13-15(19)3)20(22)25-4/h5-10,13-14,21H,11-12H2,1-4H3. The van der Waals surface area contributed by atoms with Gasteiger partial charge in [0.25, 0.3) is 0 Å². The van der Waals surface area contributed by atoms with Crippen LogP contribution in [0.5, 0.6) is 5.75 Å². The Labute approximate surface area is 160 Å². The van der Waals surface area contributed by atoms with Crippen LogP contribution in [0.25, 0.3) is 0 Å². The maximum Gasteiger partial charge on any atom is 0.337 e. The maximum absolute atomic E-state index is 12.5. The van der Waals surface area contributed by atoms with Crippen LogP contribution in [0.15, 0.2) is 47.4 Å². The topological polar surface area (TPSA) is 81.7 Å². The third kappa shape index (κ3) is 5.80. The first-order valence-corrected chi connectivity index (χ1v) is 10.2. The Hall–Kier alpha value is -2.38. The predicted molar refractivity (Wildman–Crippen MR) is 104 cm³/mol. The lowest BCUT2D eigenvalue weighted by Crippen LogP contribution is -2.26. The van der Waals surface area contributed by atoms with Gasteiger partial charge < -0.3 is 9.47 Å². The number of hydrogen-bond acceptors (Lipinski definition) is 5. The van der Waals surface area contributed by atoms with E-state index in [0.717, 1.165) is 11.3 Å². The second-order valence-corrected chi connectivity index (χ2v) is 8.17. The maximum atomic E-state index is 12.5.